The van der Waals surface area contributed by atoms with E-state index in [9.17, 15) is 4.79 Å². The predicted octanol–water partition coefficient (Wildman–Crippen LogP) is 4.31. The molecule has 0 aromatic heterocycles. The minimum absolute atomic E-state index is 0.305. The SMILES string of the molecule is COc1ccc(OC)c(NC(=O)OC2=CC=CC=CC=COC=C2)c1. The van der Waals surface area contributed by atoms with Crippen molar-refractivity contribution >= 4 is 11.8 Å². The van der Waals surface area contributed by atoms with Gasteiger partial charge in [0.1, 0.15) is 17.3 Å². The van der Waals surface area contributed by atoms with E-state index in [1.54, 1.807) is 42.5 Å². The molecule has 130 valence electrons. The zero-order valence-electron chi connectivity index (χ0n) is 14.0. The van der Waals surface area contributed by atoms with Crippen molar-refractivity contribution in [3.05, 3.63) is 79.0 Å². The van der Waals surface area contributed by atoms with Crippen LogP contribution in [0.4, 0.5) is 10.5 Å². The van der Waals surface area contributed by atoms with E-state index < -0.39 is 6.09 Å². The summed E-state index contributed by atoms with van der Waals surface area (Å²) in [6.45, 7) is 0. The molecule has 1 N–H and O–H groups in total. The summed E-state index contributed by atoms with van der Waals surface area (Å²) >= 11 is 0. The van der Waals surface area contributed by atoms with Crippen LogP contribution in [0.25, 0.3) is 0 Å². The summed E-state index contributed by atoms with van der Waals surface area (Å²) in [5.41, 5.74) is 0.436. The Hall–Kier alpha value is -3.41. The maximum absolute atomic E-state index is 12.2. The van der Waals surface area contributed by atoms with Crippen molar-refractivity contribution in [1.82, 2.24) is 0 Å². The Kier molecular flexibility index (Phi) is 6.94. The van der Waals surface area contributed by atoms with Crippen LogP contribution in [-0.4, -0.2) is 20.3 Å². The molecule has 0 bridgehead atoms. The van der Waals surface area contributed by atoms with E-state index in [0.29, 0.717) is 22.9 Å². The van der Waals surface area contributed by atoms with E-state index in [1.807, 2.05) is 12.2 Å². The lowest BCUT2D eigenvalue weighted by Crippen LogP contribution is -2.13. The summed E-state index contributed by atoms with van der Waals surface area (Å²) in [7, 11) is 3.05. The van der Waals surface area contributed by atoms with Crippen molar-refractivity contribution in [2.75, 3.05) is 19.5 Å². The fourth-order valence-corrected chi connectivity index (χ4v) is 1.86. The summed E-state index contributed by atoms with van der Waals surface area (Å²) < 4.78 is 20.8. The molecule has 0 fully saturated rings. The number of methoxy groups -OCH3 is 2. The number of ether oxygens (including phenoxy) is 4. The highest BCUT2D eigenvalue weighted by Crippen LogP contribution is 2.29. The number of anilines is 1. The molecule has 1 aromatic rings. The van der Waals surface area contributed by atoms with Crippen molar-refractivity contribution in [2.24, 2.45) is 0 Å². The van der Waals surface area contributed by atoms with Gasteiger partial charge in [-0.3, -0.25) is 5.32 Å². The summed E-state index contributed by atoms with van der Waals surface area (Å²) in [5, 5.41) is 2.63. The average molecular weight is 341 g/mol. The Bertz CT molecular complexity index is 744. The first-order valence-corrected chi connectivity index (χ1v) is 7.46. The maximum atomic E-state index is 12.2. The highest BCUT2D eigenvalue weighted by Gasteiger charge is 2.11. The molecule has 2 rings (SSSR count). The summed E-state index contributed by atoms with van der Waals surface area (Å²) in [6.07, 6.45) is 14.3. The molecule has 0 saturated heterocycles. The second-order valence-corrected chi connectivity index (χ2v) is 4.69. The first-order valence-electron chi connectivity index (χ1n) is 7.46. The number of carbonyl (C=O) groups is 1. The minimum atomic E-state index is -0.670. The lowest BCUT2D eigenvalue weighted by molar-refractivity contribution is 0.194. The zero-order valence-corrected chi connectivity index (χ0v) is 14.0. The van der Waals surface area contributed by atoms with Gasteiger partial charge in [-0.05, 0) is 24.3 Å². The number of amides is 1. The molecule has 0 radical (unpaired) electrons. The quantitative estimate of drug-likeness (QED) is 0.884. The Labute approximate surface area is 146 Å². The molecule has 0 unspecified atom stereocenters. The van der Waals surface area contributed by atoms with Gasteiger partial charge >= 0.3 is 6.09 Å². The molecule has 0 aliphatic carbocycles. The fraction of sp³-hybridized carbons (Fsp3) is 0.105. The van der Waals surface area contributed by atoms with Crippen LogP contribution in [0.1, 0.15) is 0 Å². The van der Waals surface area contributed by atoms with Gasteiger partial charge < -0.3 is 18.9 Å². The van der Waals surface area contributed by atoms with Gasteiger partial charge in [0.15, 0.2) is 0 Å². The van der Waals surface area contributed by atoms with Crippen molar-refractivity contribution < 1.29 is 23.7 Å². The lowest BCUT2D eigenvalue weighted by Gasteiger charge is -2.12. The molecule has 1 aromatic carbocycles. The molecular formula is C19H19NO5. The number of allylic oxidation sites excluding steroid dienone is 7. The standard InChI is InChI=1S/C19H19NO5/c1-22-16-9-10-18(23-2)17(14-16)20-19(21)25-15-8-6-4-3-5-7-12-24-13-11-15/h3-14H,1-2H3,(H,20,21). The van der Waals surface area contributed by atoms with E-state index in [-0.39, 0.29) is 0 Å². The molecular weight excluding hydrogens is 322 g/mol. The van der Waals surface area contributed by atoms with Crippen molar-refractivity contribution in [3.63, 3.8) is 0 Å². The van der Waals surface area contributed by atoms with E-state index in [4.69, 9.17) is 18.9 Å². The van der Waals surface area contributed by atoms with Crippen LogP contribution in [0.3, 0.4) is 0 Å². The number of rotatable bonds is 4. The van der Waals surface area contributed by atoms with Crippen LogP contribution in [0.2, 0.25) is 0 Å². The van der Waals surface area contributed by atoms with Gasteiger partial charge in [-0.1, -0.05) is 24.3 Å². The molecule has 1 heterocycles. The second-order valence-electron chi connectivity index (χ2n) is 4.69. The first-order chi connectivity index (χ1) is 12.2. The van der Waals surface area contributed by atoms with E-state index >= 15 is 0 Å². The van der Waals surface area contributed by atoms with Crippen LogP contribution >= 0.6 is 0 Å². The predicted molar refractivity (Wildman–Crippen MR) is 95.4 cm³/mol. The maximum Gasteiger partial charge on any atom is 0.417 e. The monoisotopic (exact) mass is 341 g/mol. The molecule has 6 nitrogen and oxygen atoms in total. The Morgan fingerprint density at radius 1 is 1.00 bits per heavy atom. The molecule has 1 amide bonds. The molecule has 1 aliphatic rings. The van der Waals surface area contributed by atoms with Crippen LogP contribution in [-0.2, 0) is 9.47 Å². The number of carbonyl (C=O) groups excluding carboxylic acids is 1. The smallest absolute Gasteiger partial charge is 0.417 e. The molecule has 1 aliphatic heterocycles. The molecule has 0 atom stereocenters. The Balaban J connectivity index is 2.10. The highest BCUT2D eigenvalue weighted by atomic mass is 16.6. The average Bonchev–Trinajstić information content (AvgIpc) is 2.68. The zero-order chi connectivity index (χ0) is 17.9. The first kappa shape index (κ1) is 17.9. The van der Waals surface area contributed by atoms with Crippen LogP contribution in [0.5, 0.6) is 11.5 Å². The Morgan fingerprint density at radius 2 is 1.80 bits per heavy atom. The number of benzene rings is 1. The second kappa shape index (κ2) is 9.67. The fourth-order valence-electron chi connectivity index (χ4n) is 1.86. The summed E-state index contributed by atoms with van der Waals surface area (Å²) in [6, 6.07) is 5.06. The summed E-state index contributed by atoms with van der Waals surface area (Å²) in [4.78, 5) is 12.2. The Morgan fingerprint density at radius 3 is 2.60 bits per heavy atom. The van der Waals surface area contributed by atoms with Gasteiger partial charge in [-0.25, -0.2) is 4.79 Å². The number of hydrogen-bond donors (Lipinski definition) is 1. The van der Waals surface area contributed by atoms with Gasteiger partial charge in [0, 0.05) is 12.1 Å². The third-order valence-electron chi connectivity index (χ3n) is 3.03. The number of nitrogens with one attached hydrogen (secondary N) is 1. The highest BCUT2D eigenvalue weighted by molar-refractivity contribution is 5.88. The van der Waals surface area contributed by atoms with Crippen LogP contribution < -0.4 is 14.8 Å². The third kappa shape index (κ3) is 5.95. The molecule has 25 heavy (non-hydrogen) atoms. The van der Waals surface area contributed by atoms with Crippen molar-refractivity contribution in [2.45, 2.75) is 0 Å². The third-order valence-corrected chi connectivity index (χ3v) is 3.03. The van der Waals surface area contributed by atoms with Gasteiger partial charge in [-0.2, -0.15) is 0 Å². The van der Waals surface area contributed by atoms with Crippen molar-refractivity contribution in [3.8, 4) is 11.5 Å². The van der Waals surface area contributed by atoms with E-state index in [0.717, 1.165) is 0 Å². The number of hydrogen-bond acceptors (Lipinski definition) is 5. The molecule has 6 heteroatoms. The van der Waals surface area contributed by atoms with Gasteiger partial charge in [0.05, 0.1) is 32.4 Å². The van der Waals surface area contributed by atoms with Gasteiger partial charge in [0.25, 0.3) is 0 Å². The lowest BCUT2D eigenvalue weighted by atomic mass is 10.2. The normalized spacial score (nSPS) is 13.3. The van der Waals surface area contributed by atoms with E-state index in [2.05, 4.69) is 5.32 Å². The van der Waals surface area contributed by atoms with Crippen molar-refractivity contribution in [1.29, 1.82) is 0 Å². The van der Waals surface area contributed by atoms with Gasteiger partial charge in [-0.15, -0.1) is 0 Å². The van der Waals surface area contributed by atoms with Crippen LogP contribution in [0.15, 0.2) is 79.0 Å². The van der Waals surface area contributed by atoms with Gasteiger partial charge in [0.2, 0.25) is 0 Å². The largest absolute Gasteiger partial charge is 0.497 e. The summed E-state index contributed by atoms with van der Waals surface area (Å²) in [5.74, 6) is 1.38. The van der Waals surface area contributed by atoms with Crippen LogP contribution in [0, 0.1) is 0 Å². The van der Waals surface area contributed by atoms with E-state index in [1.165, 1.54) is 32.8 Å². The molecule has 0 saturated carbocycles. The molecule has 0 spiro atoms. The topological polar surface area (TPSA) is 66.0 Å². The minimum Gasteiger partial charge on any atom is -0.497 e.